The molecule has 0 radical (unpaired) electrons. The predicted octanol–water partition coefficient (Wildman–Crippen LogP) is 0.225. The third-order valence-electron chi connectivity index (χ3n) is 1.19. The van der Waals surface area contributed by atoms with Crippen LogP contribution in [-0.4, -0.2) is 23.5 Å². The summed E-state index contributed by atoms with van der Waals surface area (Å²) < 4.78 is 4.77. The number of aromatic nitrogens is 1. The van der Waals surface area contributed by atoms with Gasteiger partial charge >= 0.3 is 5.97 Å². The molecule has 1 rings (SSSR count). The number of rotatable bonds is 3. The summed E-state index contributed by atoms with van der Waals surface area (Å²) in [6.07, 6.45) is 1.38. The summed E-state index contributed by atoms with van der Waals surface area (Å²) in [5.74, 6) is -0.503. The largest absolute Gasteiger partial charge is 0.462 e. The number of thiazole rings is 1. The molecule has 0 saturated carbocycles. The Kier molecular flexibility index (Phi) is 3.41. The van der Waals surface area contributed by atoms with Crippen LogP contribution in [0, 0.1) is 0 Å². The van der Waals surface area contributed by atoms with Gasteiger partial charge in [-0.3, -0.25) is 0 Å². The number of guanidine groups is 1. The lowest BCUT2D eigenvalue weighted by Gasteiger charge is -1.95. The van der Waals surface area contributed by atoms with Crippen molar-refractivity contribution >= 4 is 28.4 Å². The van der Waals surface area contributed by atoms with E-state index in [9.17, 15) is 4.79 Å². The number of hydrogen-bond acceptors (Lipinski definition) is 5. The summed E-state index contributed by atoms with van der Waals surface area (Å²) in [7, 11) is 0. The van der Waals surface area contributed by atoms with Crippen molar-refractivity contribution in [3.8, 4) is 0 Å². The van der Waals surface area contributed by atoms with Gasteiger partial charge in [-0.15, -0.1) is 0 Å². The Morgan fingerprint density at radius 3 is 3.00 bits per heavy atom. The second-order valence-electron chi connectivity index (χ2n) is 2.26. The summed E-state index contributed by atoms with van der Waals surface area (Å²) >= 11 is 1.08. The number of nitrogens with zero attached hydrogens (tertiary/aromatic N) is 2. The summed E-state index contributed by atoms with van der Waals surface area (Å²) in [4.78, 5) is 19.1. The van der Waals surface area contributed by atoms with Crippen LogP contribution in [0.15, 0.2) is 11.2 Å². The summed E-state index contributed by atoms with van der Waals surface area (Å²) in [5, 5.41) is 0.341. The van der Waals surface area contributed by atoms with Crippen LogP contribution in [0.1, 0.15) is 16.6 Å². The number of esters is 1. The third-order valence-corrected chi connectivity index (χ3v) is 2.07. The second kappa shape index (κ2) is 4.56. The Morgan fingerprint density at radius 2 is 2.43 bits per heavy atom. The van der Waals surface area contributed by atoms with Crippen molar-refractivity contribution in [2.75, 3.05) is 6.61 Å². The molecule has 4 N–H and O–H groups in total. The molecule has 0 aromatic carbocycles. The van der Waals surface area contributed by atoms with E-state index < -0.39 is 5.97 Å². The van der Waals surface area contributed by atoms with Crippen molar-refractivity contribution in [1.82, 2.24) is 4.98 Å². The molecule has 0 amide bonds. The minimum atomic E-state index is -0.415. The number of hydrogen-bond donors (Lipinski definition) is 2. The molecule has 76 valence electrons. The van der Waals surface area contributed by atoms with E-state index in [0.717, 1.165) is 11.3 Å². The minimum absolute atomic E-state index is 0.0882. The Morgan fingerprint density at radius 1 is 1.71 bits per heavy atom. The maximum atomic E-state index is 11.2. The maximum Gasteiger partial charge on any atom is 0.350 e. The first kappa shape index (κ1) is 10.5. The van der Waals surface area contributed by atoms with Crippen molar-refractivity contribution in [2.24, 2.45) is 16.5 Å². The molecule has 0 atom stereocenters. The maximum absolute atomic E-state index is 11.2. The van der Waals surface area contributed by atoms with Gasteiger partial charge in [0.15, 0.2) is 5.96 Å². The summed E-state index contributed by atoms with van der Waals surface area (Å²) in [6, 6.07) is 0. The van der Waals surface area contributed by atoms with E-state index in [1.807, 2.05) is 0 Å². The Labute approximate surface area is 84.6 Å². The van der Waals surface area contributed by atoms with Crippen molar-refractivity contribution in [3.63, 3.8) is 0 Å². The number of ether oxygens (including phenoxy) is 1. The van der Waals surface area contributed by atoms with Crippen LogP contribution in [0.5, 0.6) is 0 Å². The van der Waals surface area contributed by atoms with Crippen molar-refractivity contribution < 1.29 is 9.53 Å². The molecule has 7 heteroatoms. The average molecular weight is 214 g/mol. The fourth-order valence-corrected chi connectivity index (χ4v) is 1.42. The standard InChI is InChI=1S/C7H10N4O2S/c1-2-13-5(12)4-3-10-7(14-4)11-6(8)9/h3H,2H2,1H3,(H4,8,9,10,11). The molecule has 1 heterocycles. The van der Waals surface area contributed by atoms with Gasteiger partial charge < -0.3 is 16.2 Å². The molecular formula is C7H10N4O2S. The molecule has 0 saturated heterocycles. The van der Waals surface area contributed by atoms with Gasteiger partial charge in [-0.1, -0.05) is 11.3 Å². The molecule has 0 aliphatic heterocycles. The molecule has 0 unspecified atom stereocenters. The third kappa shape index (κ3) is 2.70. The van der Waals surface area contributed by atoms with E-state index in [2.05, 4.69) is 9.98 Å². The van der Waals surface area contributed by atoms with E-state index >= 15 is 0 Å². The van der Waals surface area contributed by atoms with Gasteiger partial charge in [0.1, 0.15) is 4.88 Å². The zero-order valence-corrected chi connectivity index (χ0v) is 8.37. The van der Waals surface area contributed by atoms with Gasteiger partial charge in [-0.25, -0.2) is 9.78 Å². The predicted molar refractivity (Wildman–Crippen MR) is 53.5 cm³/mol. The highest BCUT2D eigenvalue weighted by Gasteiger charge is 2.10. The molecular weight excluding hydrogens is 204 g/mol. The number of carbonyl (C=O) groups excluding carboxylic acids is 1. The lowest BCUT2D eigenvalue weighted by Crippen LogP contribution is -2.21. The average Bonchev–Trinajstić information content (AvgIpc) is 2.52. The van der Waals surface area contributed by atoms with Crippen molar-refractivity contribution in [1.29, 1.82) is 0 Å². The molecule has 0 spiro atoms. The number of carbonyl (C=O) groups is 1. The van der Waals surface area contributed by atoms with Crippen LogP contribution in [0.25, 0.3) is 0 Å². The normalized spacial score (nSPS) is 9.50. The van der Waals surface area contributed by atoms with E-state index in [1.165, 1.54) is 6.20 Å². The zero-order valence-electron chi connectivity index (χ0n) is 7.56. The van der Waals surface area contributed by atoms with Gasteiger partial charge in [-0.2, -0.15) is 4.99 Å². The lowest BCUT2D eigenvalue weighted by molar-refractivity contribution is 0.0532. The monoisotopic (exact) mass is 214 g/mol. The van der Waals surface area contributed by atoms with E-state index in [1.54, 1.807) is 6.92 Å². The number of aliphatic imine (C=N–C) groups is 1. The highest BCUT2D eigenvalue weighted by atomic mass is 32.1. The topological polar surface area (TPSA) is 104 Å². The molecule has 1 aromatic heterocycles. The van der Waals surface area contributed by atoms with E-state index in [-0.39, 0.29) is 5.96 Å². The first-order valence-corrected chi connectivity index (χ1v) is 4.67. The van der Waals surface area contributed by atoms with Gasteiger partial charge in [0.05, 0.1) is 12.8 Å². The van der Waals surface area contributed by atoms with Crippen molar-refractivity contribution in [3.05, 3.63) is 11.1 Å². The van der Waals surface area contributed by atoms with Gasteiger partial charge in [0.2, 0.25) is 5.13 Å². The van der Waals surface area contributed by atoms with Gasteiger partial charge in [-0.05, 0) is 6.92 Å². The molecule has 0 aliphatic carbocycles. The smallest absolute Gasteiger partial charge is 0.350 e. The highest BCUT2D eigenvalue weighted by Crippen LogP contribution is 2.21. The SMILES string of the molecule is CCOC(=O)c1cnc(N=C(N)N)s1. The molecule has 6 nitrogen and oxygen atoms in total. The summed E-state index contributed by atoms with van der Waals surface area (Å²) in [5.41, 5.74) is 10.3. The highest BCUT2D eigenvalue weighted by molar-refractivity contribution is 7.17. The Hall–Kier alpha value is -1.63. The second-order valence-corrected chi connectivity index (χ2v) is 3.27. The molecule has 14 heavy (non-hydrogen) atoms. The molecule has 0 fully saturated rings. The first-order valence-electron chi connectivity index (χ1n) is 3.86. The summed E-state index contributed by atoms with van der Waals surface area (Å²) in [6.45, 7) is 2.06. The van der Waals surface area contributed by atoms with Crippen molar-refractivity contribution in [2.45, 2.75) is 6.92 Å². The Balaban J connectivity index is 2.78. The van der Waals surface area contributed by atoms with Crippen LogP contribution in [0.3, 0.4) is 0 Å². The zero-order chi connectivity index (χ0) is 10.6. The first-order chi connectivity index (χ1) is 6.63. The van der Waals surface area contributed by atoms with E-state index in [4.69, 9.17) is 16.2 Å². The van der Waals surface area contributed by atoms with Gasteiger partial charge in [0, 0.05) is 0 Å². The fraction of sp³-hybridized carbons (Fsp3) is 0.286. The molecule has 0 bridgehead atoms. The lowest BCUT2D eigenvalue weighted by atomic mass is 10.6. The van der Waals surface area contributed by atoms with Crippen LogP contribution < -0.4 is 11.5 Å². The van der Waals surface area contributed by atoms with Crippen LogP contribution in [-0.2, 0) is 4.74 Å². The Bertz CT molecular complexity index is 356. The van der Waals surface area contributed by atoms with E-state index in [0.29, 0.717) is 16.6 Å². The number of nitrogens with two attached hydrogens (primary N) is 2. The van der Waals surface area contributed by atoms with Crippen LogP contribution in [0.2, 0.25) is 0 Å². The molecule has 1 aromatic rings. The quantitative estimate of drug-likeness (QED) is 0.425. The fourth-order valence-electron chi connectivity index (χ4n) is 0.724. The van der Waals surface area contributed by atoms with Gasteiger partial charge in [0.25, 0.3) is 0 Å². The van der Waals surface area contributed by atoms with Crippen LogP contribution in [0.4, 0.5) is 5.13 Å². The van der Waals surface area contributed by atoms with Crippen LogP contribution >= 0.6 is 11.3 Å². The molecule has 0 aliphatic rings. The minimum Gasteiger partial charge on any atom is -0.462 e.